The molecule has 0 unspecified atom stereocenters. The summed E-state index contributed by atoms with van der Waals surface area (Å²) in [5.41, 5.74) is 2.89. The molecule has 0 radical (unpaired) electrons. The van der Waals surface area contributed by atoms with Gasteiger partial charge in [-0.2, -0.15) is 5.26 Å². The predicted octanol–water partition coefficient (Wildman–Crippen LogP) is 7.08. The molecule has 0 aliphatic carbocycles. The second kappa shape index (κ2) is 10.4. The number of benzene rings is 3. The topological polar surface area (TPSA) is 62.1 Å². The van der Waals surface area contributed by atoms with Gasteiger partial charge < -0.3 is 10.1 Å². The van der Waals surface area contributed by atoms with E-state index in [1.54, 1.807) is 36.4 Å². The van der Waals surface area contributed by atoms with Crippen molar-refractivity contribution in [2.24, 2.45) is 0 Å². The zero-order chi connectivity index (χ0) is 22.4. The molecule has 3 aromatic rings. The number of nitrogens with one attached hydrogen (secondary N) is 1. The standard InChI is InChI=1S/C24H17Cl3N2O2/c1-15-2-4-16(5-3-15)14-31-23-17(11-20(26)12-22(23)27)10-18(13-28)24(30)29-21-8-6-19(25)7-9-21/h2-12H,14H2,1H3,(H,29,30)/b18-10+. The third-order valence-corrected chi connectivity index (χ3v) is 5.06. The van der Waals surface area contributed by atoms with Crippen molar-refractivity contribution < 1.29 is 9.53 Å². The first-order chi connectivity index (χ1) is 14.9. The molecule has 31 heavy (non-hydrogen) atoms. The molecule has 1 amide bonds. The lowest BCUT2D eigenvalue weighted by molar-refractivity contribution is -0.112. The minimum atomic E-state index is -0.578. The van der Waals surface area contributed by atoms with Gasteiger partial charge in [-0.25, -0.2) is 0 Å². The Labute approximate surface area is 195 Å². The van der Waals surface area contributed by atoms with E-state index in [0.717, 1.165) is 11.1 Å². The molecule has 0 aliphatic rings. The Morgan fingerprint density at radius 2 is 1.71 bits per heavy atom. The molecule has 3 aromatic carbocycles. The summed E-state index contributed by atoms with van der Waals surface area (Å²) < 4.78 is 5.91. The Bertz CT molecular complexity index is 1170. The van der Waals surface area contributed by atoms with Crippen LogP contribution in [0.2, 0.25) is 15.1 Å². The number of aryl methyl sites for hydroxylation is 1. The van der Waals surface area contributed by atoms with Crippen LogP contribution in [0.25, 0.3) is 6.08 Å². The summed E-state index contributed by atoms with van der Waals surface area (Å²) in [5.74, 6) is -0.246. The van der Waals surface area contributed by atoms with E-state index in [9.17, 15) is 10.1 Å². The fraction of sp³-hybridized carbons (Fsp3) is 0.0833. The van der Waals surface area contributed by atoms with Gasteiger partial charge in [0.05, 0.1) is 5.02 Å². The minimum Gasteiger partial charge on any atom is -0.487 e. The molecule has 0 heterocycles. The van der Waals surface area contributed by atoms with Gasteiger partial charge >= 0.3 is 0 Å². The monoisotopic (exact) mass is 470 g/mol. The van der Waals surface area contributed by atoms with Gasteiger partial charge in [0.15, 0.2) is 0 Å². The van der Waals surface area contributed by atoms with Gasteiger partial charge in [-0.15, -0.1) is 0 Å². The van der Waals surface area contributed by atoms with Gasteiger partial charge in [0.2, 0.25) is 0 Å². The van der Waals surface area contributed by atoms with Crippen LogP contribution < -0.4 is 10.1 Å². The smallest absolute Gasteiger partial charge is 0.266 e. The van der Waals surface area contributed by atoms with Crippen molar-refractivity contribution >= 4 is 52.5 Å². The van der Waals surface area contributed by atoms with Crippen LogP contribution in [-0.4, -0.2) is 5.91 Å². The maximum atomic E-state index is 12.6. The summed E-state index contributed by atoms with van der Waals surface area (Å²) in [5, 5.41) is 13.4. The Kier molecular flexibility index (Phi) is 7.59. The van der Waals surface area contributed by atoms with Crippen molar-refractivity contribution in [1.82, 2.24) is 0 Å². The molecule has 0 saturated heterocycles. The maximum Gasteiger partial charge on any atom is 0.266 e. The maximum absolute atomic E-state index is 12.6. The van der Waals surface area contributed by atoms with Crippen molar-refractivity contribution in [3.05, 3.63) is 98.0 Å². The highest BCUT2D eigenvalue weighted by atomic mass is 35.5. The number of amides is 1. The summed E-state index contributed by atoms with van der Waals surface area (Å²) in [6.07, 6.45) is 1.40. The van der Waals surface area contributed by atoms with Crippen LogP contribution in [-0.2, 0) is 11.4 Å². The summed E-state index contributed by atoms with van der Waals surface area (Å²) >= 11 is 18.3. The highest BCUT2D eigenvalue weighted by molar-refractivity contribution is 6.36. The van der Waals surface area contributed by atoms with E-state index in [2.05, 4.69) is 5.32 Å². The fourth-order valence-electron chi connectivity index (χ4n) is 2.72. The predicted molar refractivity (Wildman–Crippen MR) is 126 cm³/mol. The lowest BCUT2D eigenvalue weighted by Crippen LogP contribution is -2.13. The highest BCUT2D eigenvalue weighted by Crippen LogP contribution is 2.34. The zero-order valence-electron chi connectivity index (χ0n) is 16.5. The molecule has 0 spiro atoms. The lowest BCUT2D eigenvalue weighted by atomic mass is 10.1. The molecule has 0 fully saturated rings. The lowest BCUT2D eigenvalue weighted by Gasteiger charge is -2.13. The number of carbonyl (C=O) groups excluding carboxylic acids is 1. The molecule has 0 aliphatic heterocycles. The number of rotatable bonds is 6. The largest absolute Gasteiger partial charge is 0.487 e. The number of hydrogen-bond acceptors (Lipinski definition) is 3. The Morgan fingerprint density at radius 3 is 2.35 bits per heavy atom. The van der Waals surface area contributed by atoms with E-state index in [1.165, 1.54) is 6.08 Å². The van der Waals surface area contributed by atoms with Crippen LogP contribution in [0.15, 0.2) is 66.2 Å². The third-order valence-electron chi connectivity index (χ3n) is 4.31. The molecule has 156 valence electrons. The molecular formula is C24H17Cl3N2O2. The second-order valence-electron chi connectivity index (χ2n) is 6.71. The molecule has 1 N–H and O–H groups in total. The van der Waals surface area contributed by atoms with E-state index in [0.29, 0.717) is 27.0 Å². The molecule has 7 heteroatoms. The first-order valence-electron chi connectivity index (χ1n) is 9.22. The number of ether oxygens (including phenoxy) is 1. The van der Waals surface area contributed by atoms with Gasteiger partial charge in [0, 0.05) is 21.3 Å². The molecule has 0 atom stereocenters. The first kappa shape index (κ1) is 22.7. The highest BCUT2D eigenvalue weighted by Gasteiger charge is 2.15. The van der Waals surface area contributed by atoms with Crippen molar-refractivity contribution in [3.8, 4) is 11.8 Å². The third kappa shape index (κ3) is 6.26. The van der Waals surface area contributed by atoms with Crippen LogP contribution in [0.5, 0.6) is 5.75 Å². The Morgan fingerprint density at radius 1 is 1.03 bits per heavy atom. The molecule has 0 aromatic heterocycles. The van der Waals surface area contributed by atoms with Crippen LogP contribution in [0.3, 0.4) is 0 Å². The van der Waals surface area contributed by atoms with Crippen LogP contribution in [0.4, 0.5) is 5.69 Å². The SMILES string of the molecule is Cc1ccc(COc2c(Cl)cc(Cl)cc2/C=C(\C#N)C(=O)Nc2ccc(Cl)cc2)cc1. The normalized spacial score (nSPS) is 11.0. The fourth-order valence-corrected chi connectivity index (χ4v) is 3.41. The number of halogens is 3. The number of anilines is 1. The van der Waals surface area contributed by atoms with E-state index in [1.807, 2.05) is 37.3 Å². The van der Waals surface area contributed by atoms with E-state index in [4.69, 9.17) is 39.5 Å². The summed E-state index contributed by atoms with van der Waals surface area (Å²) in [6.45, 7) is 2.27. The summed E-state index contributed by atoms with van der Waals surface area (Å²) in [7, 11) is 0. The minimum absolute atomic E-state index is 0.131. The summed E-state index contributed by atoms with van der Waals surface area (Å²) in [4.78, 5) is 12.6. The molecular weight excluding hydrogens is 455 g/mol. The van der Waals surface area contributed by atoms with Crippen LogP contribution in [0.1, 0.15) is 16.7 Å². The average molecular weight is 472 g/mol. The van der Waals surface area contributed by atoms with Crippen LogP contribution >= 0.6 is 34.8 Å². The quantitative estimate of drug-likeness (QED) is 0.308. The van der Waals surface area contributed by atoms with Crippen molar-refractivity contribution in [2.45, 2.75) is 13.5 Å². The van der Waals surface area contributed by atoms with Gasteiger partial charge in [-0.05, 0) is 55.0 Å². The molecule has 0 bridgehead atoms. The number of nitriles is 1. The van der Waals surface area contributed by atoms with Gasteiger partial charge in [-0.1, -0.05) is 64.6 Å². The molecule has 4 nitrogen and oxygen atoms in total. The summed E-state index contributed by atoms with van der Waals surface area (Å²) in [6, 6.07) is 19.5. The van der Waals surface area contributed by atoms with E-state index in [-0.39, 0.29) is 17.2 Å². The first-order valence-corrected chi connectivity index (χ1v) is 10.3. The number of carbonyl (C=O) groups is 1. The number of nitrogens with zero attached hydrogens (tertiary/aromatic N) is 1. The van der Waals surface area contributed by atoms with Crippen molar-refractivity contribution in [2.75, 3.05) is 5.32 Å². The Hall–Kier alpha value is -2.97. The van der Waals surface area contributed by atoms with Gasteiger partial charge in [0.25, 0.3) is 5.91 Å². The number of hydrogen-bond donors (Lipinski definition) is 1. The Balaban J connectivity index is 1.87. The van der Waals surface area contributed by atoms with Gasteiger partial charge in [-0.3, -0.25) is 4.79 Å². The zero-order valence-corrected chi connectivity index (χ0v) is 18.7. The van der Waals surface area contributed by atoms with Crippen LogP contribution in [0, 0.1) is 18.3 Å². The van der Waals surface area contributed by atoms with Crippen molar-refractivity contribution in [1.29, 1.82) is 5.26 Å². The molecule has 3 rings (SSSR count). The average Bonchev–Trinajstić information content (AvgIpc) is 2.74. The second-order valence-corrected chi connectivity index (χ2v) is 7.99. The van der Waals surface area contributed by atoms with E-state index < -0.39 is 5.91 Å². The van der Waals surface area contributed by atoms with Crippen molar-refractivity contribution in [3.63, 3.8) is 0 Å². The molecule has 0 saturated carbocycles. The van der Waals surface area contributed by atoms with E-state index >= 15 is 0 Å². The van der Waals surface area contributed by atoms with Gasteiger partial charge in [0.1, 0.15) is 24.0 Å².